The number of nitrogens with zero attached hydrogens (tertiary/aromatic N) is 2. The Balaban J connectivity index is 0.000000289. The van der Waals surface area contributed by atoms with Crippen LogP contribution in [0.4, 0.5) is 0 Å². The van der Waals surface area contributed by atoms with Crippen molar-refractivity contribution in [2.75, 3.05) is 6.61 Å². The minimum atomic E-state index is -1.18. The van der Waals surface area contributed by atoms with Gasteiger partial charge in [-0.05, 0) is 72.8 Å². The molecule has 8 nitrogen and oxygen atoms in total. The Kier molecular flexibility index (Phi) is 5.74. The number of nitrogens with two attached hydrogens (primary N) is 1. The molecule has 1 atom stereocenters. The molecule has 5 heterocycles. The van der Waals surface area contributed by atoms with Crippen LogP contribution in [-0.2, 0) is 4.79 Å². The molecule has 0 unspecified atom stereocenters. The number of aliphatic hydroxyl groups is 1. The predicted octanol–water partition coefficient (Wildman–Crippen LogP) is 3.05. The van der Waals surface area contributed by atoms with E-state index in [1.807, 2.05) is 48.6 Å². The molecule has 8 bridgehead atoms. The van der Waals surface area contributed by atoms with E-state index in [1.54, 1.807) is 0 Å². The molecule has 31 heavy (non-hydrogen) atoms. The number of aromatic nitrogens is 4. The molecule has 0 saturated heterocycles. The fraction of sp³-hybridized carbons (Fsp3) is 0.0870. The van der Waals surface area contributed by atoms with Crippen LogP contribution in [0.3, 0.4) is 0 Å². The monoisotopic (exact) mass is 415 g/mol. The molecular formula is C23H21N5O3. The van der Waals surface area contributed by atoms with Gasteiger partial charge in [-0.3, -0.25) is 4.79 Å². The first kappa shape index (κ1) is 20.3. The zero-order chi connectivity index (χ0) is 21.8. The third kappa shape index (κ3) is 5.13. The van der Waals surface area contributed by atoms with Crippen molar-refractivity contribution in [1.82, 2.24) is 19.9 Å². The summed E-state index contributed by atoms with van der Waals surface area (Å²) in [5.41, 5.74) is 12.6. The second-order valence-corrected chi connectivity index (χ2v) is 7.03. The molecule has 0 amide bonds. The van der Waals surface area contributed by atoms with Crippen LogP contribution in [0.1, 0.15) is 22.8 Å². The van der Waals surface area contributed by atoms with Gasteiger partial charge in [0.2, 0.25) is 0 Å². The predicted molar refractivity (Wildman–Crippen MR) is 122 cm³/mol. The molecule has 0 spiro atoms. The van der Waals surface area contributed by atoms with Crippen molar-refractivity contribution in [3.05, 3.63) is 71.3 Å². The summed E-state index contributed by atoms with van der Waals surface area (Å²) in [7, 11) is 0. The van der Waals surface area contributed by atoms with E-state index in [-0.39, 0.29) is 0 Å². The maximum absolute atomic E-state index is 9.65. The Morgan fingerprint density at radius 3 is 1.32 bits per heavy atom. The van der Waals surface area contributed by atoms with Crippen LogP contribution in [0.5, 0.6) is 0 Å². The molecule has 3 aromatic rings. The van der Waals surface area contributed by atoms with E-state index < -0.39 is 18.6 Å². The number of fused-ring (bicyclic) bond motifs is 8. The van der Waals surface area contributed by atoms with Crippen LogP contribution >= 0.6 is 0 Å². The van der Waals surface area contributed by atoms with Gasteiger partial charge in [0.25, 0.3) is 0 Å². The zero-order valence-corrected chi connectivity index (χ0v) is 16.5. The number of H-pyrrole nitrogens is 2. The lowest BCUT2D eigenvalue weighted by Gasteiger charge is -1.96. The highest BCUT2D eigenvalue weighted by atomic mass is 16.4. The van der Waals surface area contributed by atoms with Crippen molar-refractivity contribution in [2.24, 2.45) is 5.73 Å². The van der Waals surface area contributed by atoms with E-state index in [0.717, 1.165) is 44.8 Å². The van der Waals surface area contributed by atoms with Crippen LogP contribution in [0.2, 0.25) is 0 Å². The van der Waals surface area contributed by atoms with Crippen LogP contribution in [0.15, 0.2) is 48.5 Å². The van der Waals surface area contributed by atoms with Crippen LogP contribution in [0.25, 0.3) is 46.4 Å². The molecule has 6 N–H and O–H groups in total. The number of aliphatic hydroxyl groups excluding tert-OH is 1. The van der Waals surface area contributed by atoms with E-state index in [4.69, 9.17) is 15.9 Å². The number of rotatable bonds is 2. The Labute approximate surface area is 177 Å². The van der Waals surface area contributed by atoms with Crippen molar-refractivity contribution >= 4 is 52.3 Å². The summed E-state index contributed by atoms with van der Waals surface area (Å²) in [4.78, 5) is 25.7. The first-order valence-electron chi connectivity index (χ1n) is 9.62. The highest BCUT2D eigenvalue weighted by molar-refractivity contribution is 5.77. The van der Waals surface area contributed by atoms with E-state index in [9.17, 15) is 4.79 Å². The SMILES string of the molecule is C1=Cc2cc3ccc(cc4nc(cc5ccc(cc1n2)[nH]5)C=C4)[nH]3.N[C@@H](CO)C(=O)O. The van der Waals surface area contributed by atoms with Crippen LogP contribution < -0.4 is 5.73 Å². The van der Waals surface area contributed by atoms with Crippen molar-refractivity contribution in [3.8, 4) is 0 Å². The summed E-state index contributed by atoms with van der Waals surface area (Å²) < 4.78 is 0. The number of nitrogens with one attached hydrogen (secondary N) is 2. The average Bonchev–Trinajstić information content (AvgIpc) is 3.53. The molecule has 0 aliphatic carbocycles. The molecule has 0 saturated carbocycles. The third-order valence-corrected chi connectivity index (χ3v) is 4.56. The molecule has 8 heteroatoms. The smallest absolute Gasteiger partial charge is 0.322 e. The summed E-state index contributed by atoms with van der Waals surface area (Å²) in [6.45, 7) is -0.505. The van der Waals surface area contributed by atoms with E-state index in [2.05, 4.69) is 44.2 Å². The number of carbonyl (C=O) groups is 1. The lowest BCUT2D eigenvalue weighted by atomic mass is 10.3. The van der Waals surface area contributed by atoms with Gasteiger partial charge in [0.05, 0.1) is 29.4 Å². The number of aromatic amines is 2. The number of aliphatic carboxylic acids is 1. The zero-order valence-electron chi connectivity index (χ0n) is 16.5. The van der Waals surface area contributed by atoms with Gasteiger partial charge in [-0.2, -0.15) is 0 Å². The number of carboxylic acid groups (broad SMARTS) is 1. The third-order valence-electron chi connectivity index (χ3n) is 4.56. The quantitative estimate of drug-likeness (QED) is 0.300. The Morgan fingerprint density at radius 2 is 1.10 bits per heavy atom. The Bertz CT molecular complexity index is 1160. The van der Waals surface area contributed by atoms with Crippen molar-refractivity contribution in [2.45, 2.75) is 6.04 Å². The van der Waals surface area contributed by atoms with Gasteiger partial charge in [0.1, 0.15) is 6.04 Å². The molecular weight excluding hydrogens is 394 g/mol. The molecule has 0 fully saturated rings. The summed E-state index contributed by atoms with van der Waals surface area (Å²) >= 11 is 0. The molecule has 2 aliphatic rings. The van der Waals surface area contributed by atoms with Gasteiger partial charge >= 0.3 is 5.97 Å². The number of carboxylic acids is 1. The summed E-state index contributed by atoms with van der Waals surface area (Å²) in [6, 6.07) is 15.2. The first-order chi connectivity index (χ1) is 15.0. The summed E-state index contributed by atoms with van der Waals surface area (Å²) in [5.74, 6) is -1.18. The van der Waals surface area contributed by atoms with Gasteiger partial charge in [-0.15, -0.1) is 0 Å². The van der Waals surface area contributed by atoms with Crippen LogP contribution in [0, 0.1) is 0 Å². The van der Waals surface area contributed by atoms with Crippen molar-refractivity contribution < 1.29 is 15.0 Å². The van der Waals surface area contributed by atoms with Gasteiger partial charge in [0, 0.05) is 22.1 Å². The lowest BCUT2D eigenvalue weighted by Crippen LogP contribution is -2.33. The molecule has 3 aromatic heterocycles. The second kappa shape index (κ2) is 8.78. The van der Waals surface area contributed by atoms with E-state index >= 15 is 0 Å². The molecule has 0 aromatic carbocycles. The average molecular weight is 415 g/mol. The Hall–Kier alpha value is -4.01. The topological polar surface area (TPSA) is 141 Å². The second-order valence-electron chi connectivity index (χ2n) is 7.03. The van der Waals surface area contributed by atoms with Gasteiger partial charge < -0.3 is 25.9 Å². The largest absolute Gasteiger partial charge is 0.480 e. The Morgan fingerprint density at radius 1 is 0.774 bits per heavy atom. The molecule has 5 rings (SSSR count). The van der Waals surface area contributed by atoms with Gasteiger partial charge in [-0.25, -0.2) is 9.97 Å². The van der Waals surface area contributed by atoms with Crippen molar-refractivity contribution in [3.63, 3.8) is 0 Å². The van der Waals surface area contributed by atoms with Gasteiger partial charge in [0.15, 0.2) is 0 Å². The fourth-order valence-corrected chi connectivity index (χ4v) is 3.02. The molecule has 156 valence electrons. The molecule has 0 radical (unpaired) electrons. The lowest BCUT2D eigenvalue weighted by molar-refractivity contribution is -0.139. The number of hydrogen-bond donors (Lipinski definition) is 5. The fourth-order valence-electron chi connectivity index (χ4n) is 3.02. The maximum Gasteiger partial charge on any atom is 0.322 e. The summed E-state index contributed by atoms with van der Waals surface area (Å²) in [6.07, 6.45) is 8.09. The summed E-state index contributed by atoms with van der Waals surface area (Å²) in [5, 5.41) is 15.9. The number of hydrogen-bond acceptors (Lipinski definition) is 5. The van der Waals surface area contributed by atoms with E-state index in [0.29, 0.717) is 0 Å². The minimum absolute atomic E-state index is 0.505. The van der Waals surface area contributed by atoms with Gasteiger partial charge in [-0.1, -0.05) is 0 Å². The standard InChI is InChI=1S/C20H14N4.C3H7NO3/c1-2-14-10-16-5-6-18(23-16)12-20-8-7-19(24-20)11-17-4-3-15(22-17)9-13(1)21-14;4-2(1-5)3(6)7/h1-12,21,24H;2,5H,1,4H2,(H,6,7)/t;2-/m.0/s1. The van der Waals surface area contributed by atoms with Crippen LogP contribution in [-0.4, -0.2) is 48.8 Å². The maximum atomic E-state index is 9.65. The minimum Gasteiger partial charge on any atom is -0.480 e. The van der Waals surface area contributed by atoms with Crippen molar-refractivity contribution in [1.29, 1.82) is 0 Å². The normalized spacial score (nSPS) is 12.8. The highest BCUT2D eigenvalue weighted by Gasteiger charge is 2.07. The first-order valence-corrected chi connectivity index (χ1v) is 9.62. The highest BCUT2D eigenvalue weighted by Crippen LogP contribution is 2.16. The molecule has 2 aliphatic heterocycles. The van der Waals surface area contributed by atoms with E-state index in [1.165, 1.54) is 0 Å².